The third-order valence-electron chi connectivity index (χ3n) is 5.27. The Morgan fingerprint density at radius 1 is 0.900 bits per heavy atom. The van der Waals surface area contributed by atoms with Gasteiger partial charge < -0.3 is 15.4 Å². The lowest BCUT2D eigenvalue weighted by atomic mass is 9.67. The van der Waals surface area contributed by atoms with E-state index in [-0.39, 0.29) is 0 Å². The van der Waals surface area contributed by atoms with Crippen LogP contribution in [0, 0.1) is 17.8 Å². The molecule has 2 fully saturated rings. The smallest absolute Gasteiger partial charge is 0.0587 e. The summed E-state index contributed by atoms with van der Waals surface area (Å²) in [6.07, 6.45) is 11.7. The van der Waals surface area contributed by atoms with Gasteiger partial charge in [0.05, 0.1) is 6.61 Å². The van der Waals surface area contributed by atoms with Gasteiger partial charge in [-0.2, -0.15) is 0 Å². The lowest BCUT2D eigenvalue weighted by Crippen LogP contribution is -2.33. The van der Waals surface area contributed by atoms with E-state index in [9.17, 15) is 0 Å². The summed E-state index contributed by atoms with van der Waals surface area (Å²) in [6, 6.07) is 0. The molecule has 2 aliphatic carbocycles. The summed E-state index contributed by atoms with van der Waals surface area (Å²) in [5.74, 6) is 3.11. The molecule has 0 radical (unpaired) electrons. The Morgan fingerprint density at radius 2 is 1.70 bits per heavy atom. The minimum absolute atomic E-state index is 0.818. The van der Waals surface area contributed by atoms with E-state index in [4.69, 9.17) is 4.74 Å². The van der Waals surface area contributed by atoms with Crippen LogP contribution in [0.5, 0.6) is 0 Å². The van der Waals surface area contributed by atoms with Crippen LogP contribution in [0.15, 0.2) is 0 Å². The van der Waals surface area contributed by atoms with Crippen molar-refractivity contribution in [1.29, 1.82) is 0 Å². The zero-order valence-electron chi connectivity index (χ0n) is 13.3. The zero-order chi connectivity index (χ0) is 14.0. The molecule has 118 valence electrons. The highest BCUT2D eigenvalue weighted by molar-refractivity contribution is 4.83. The molecule has 3 nitrogen and oxygen atoms in total. The molecular formula is C17H34N2O. The van der Waals surface area contributed by atoms with Crippen LogP contribution in [0.25, 0.3) is 0 Å². The minimum atomic E-state index is 0.818. The maximum Gasteiger partial charge on any atom is 0.0587 e. The van der Waals surface area contributed by atoms with Crippen molar-refractivity contribution in [1.82, 2.24) is 10.6 Å². The van der Waals surface area contributed by atoms with Crippen LogP contribution in [0.2, 0.25) is 0 Å². The molecule has 2 rings (SSSR count). The largest absolute Gasteiger partial charge is 0.383 e. The van der Waals surface area contributed by atoms with E-state index < -0.39 is 0 Å². The number of methoxy groups -OCH3 is 1. The molecule has 0 spiro atoms. The van der Waals surface area contributed by atoms with Gasteiger partial charge in [-0.05, 0) is 63.1 Å². The first-order valence-electron chi connectivity index (χ1n) is 8.80. The highest BCUT2D eigenvalue weighted by Gasteiger charge is 2.31. The van der Waals surface area contributed by atoms with Crippen molar-refractivity contribution in [3.05, 3.63) is 0 Å². The molecule has 2 aliphatic rings. The number of rotatable bonds is 9. The van der Waals surface area contributed by atoms with Crippen LogP contribution in [-0.4, -0.2) is 39.9 Å². The Hall–Kier alpha value is -0.120. The highest BCUT2D eigenvalue weighted by Crippen LogP contribution is 2.42. The van der Waals surface area contributed by atoms with E-state index in [2.05, 4.69) is 10.6 Å². The molecule has 2 saturated carbocycles. The third-order valence-corrected chi connectivity index (χ3v) is 5.27. The Morgan fingerprint density at radius 3 is 2.55 bits per heavy atom. The first-order chi connectivity index (χ1) is 9.90. The molecule has 0 heterocycles. The quantitative estimate of drug-likeness (QED) is 0.638. The minimum Gasteiger partial charge on any atom is -0.383 e. The zero-order valence-corrected chi connectivity index (χ0v) is 13.3. The van der Waals surface area contributed by atoms with Crippen molar-refractivity contribution in [2.45, 2.75) is 51.4 Å². The molecule has 0 aromatic carbocycles. The van der Waals surface area contributed by atoms with E-state index in [0.29, 0.717) is 0 Å². The number of ether oxygens (including phenoxy) is 1. The maximum atomic E-state index is 5.01. The lowest BCUT2D eigenvalue weighted by Gasteiger charge is -2.39. The molecule has 2 N–H and O–H groups in total. The fraction of sp³-hybridized carbons (Fsp3) is 1.00. The fourth-order valence-corrected chi connectivity index (χ4v) is 4.10. The summed E-state index contributed by atoms with van der Waals surface area (Å²) in [5.41, 5.74) is 0. The number of hydrogen-bond donors (Lipinski definition) is 2. The first-order valence-corrected chi connectivity index (χ1v) is 8.80. The average molecular weight is 282 g/mol. The standard InChI is InChI=1S/C17H34N2O/c1-20-12-11-18-9-4-10-19-14-15-7-8-16-5-2-3-6-17(16)13-15/h15-19H,2-14H2,1H3. The molecule has 0 aromatic rings. The van der Waals surface area contributed by atoms with Crippen molar-refractivity contribution >= 4 is 0 Å². The second-order valence-corrected chi connectivity index (χ2v) is 6.78. The van der Waals surface area contributed by atoms with Gasteiger partial charge in [-0.3, -0.25) is 0 Å². The molecule has 3 atom stereocenters. The molecule has 0 bridgehead atoms. The molecule has 0 aliphatic heterocycles. The summed E-state index contributed by atoms with van der Waals surface area (Å²) >= 11 is 0. The molecular weight excluding hydrogens is 248 g/mol. The van der Waals surface area contributed by atoms with E-state index in [0.717, 1.165) is 44.0 Å². The van der Waals surface area contributed by atoms with Crippen molar-refractivity contribution in [3.8, 4) is 0 Å². The molecule has 3 unspecified atom stereocenters. The predicted molar refractivity (Wildman–Crippen MR) is 85.0 cm³/mol. The van der Waals surface area contributed by atoms with Crippen molar-refractivity contribution in [2.75, 3.05) is 39.9 Å². The second-order valence-electron chi connectivity index (χ2n) is 6.78. The summed E-state index contributed by atoms with van der Waals surface area (Å²) in [7, 11) is 1.75. The molecule has 0 aromatic heterocycles. The van der Waals surface area contributed by atoms with Crippen LogP contribution in [-0.2, 0) is 4.74 Å². The summed E-state index contributed by atoms with van der Waals surface area (Å²) < 4.78 is 5.01. The van der Waals surface area contributed by atoms with Crippen LogP contribution < -0.4 is 10.6 Å². The number of nitrogens with one attached hydrogen (secondary N) is 2. The van der Waals surface area contributed by atoms with Crippen molar-refractivity contribution in [2.24, 2.45) is 17.8 Å². The van der Waals surface area contributed by atoms with Gasteiger partial charge in [0, 0.05) is 13.7 Å². The van der Waals surface area contributed by atoms with Gasteiger partial charge in [-0.15, -0.1) is 0 Å². The second kappa shape index (κ2) is 9.75. The normalized spacial score (nSPS) is 30.1. The highest BCUT2D eigenvalue weighted by atomic mass is 16.5. The maximum absolute atomic E-state index is 5.01. The fourth-order valence-electron chi connectivity index (χ4n) is 4.10. The van der Waals surface area contributed by atoms with Crippen LogP contribution in [0.3, 0.4) is 0 Å². The van der Waals surface area contributed by atoms with Gasteiger partial charge in [0.1, 0.15) is 0 Å². The van der Waals surface area contributed by atoms with Gasteiger partial charge >= 0.3 is 0 Å². The Labute approximate surface area is 125 Å². The van der Waals surface area contributed by atoms with Gasteiger partial charge in [0.25, 0.3) is 0 Å². The SMILES string of the molecule is COCCNCCCNCC1CCC2CCCCC2C1. The lowest BCUT2D eigenvalue weighted by molar-refractivity contribution is 0.129. The van der Waals surface area contributed by atoms with Gasteiger partial charge in [0.2, 0.25) is 0 Å². The van der Waals surface area contributed by atoms with Crippen LogP contribution >= 0.6 is 0 Å². The van der Waals surface area contributed by atoms with Crippen molar-refractivity contribution in [3.63, 3.8) is 0 Å². The van der Waals surface area contributed by atoms with E-state index in [1.165, 1.54) is 57.9 Å². The molecule has 20 heavy (non-hydrogen) atoms. The Kier molecular flexibility index (Phi) is 7.92. The first kappa shape index (κ1) is 16.3. The molecule has 0 amide bonds. The molecule has 3 heteroatoms. The van der Waals surface area contributed by atoms with Gasteiger partial charge in [0.15, 0.2) is 0 Å². The summed E-state index contributed by atoms with van der Waals surface area (Å²) in [4.78, 5) is 0. The Balaban J connectivity index is 1.46. The summed E-state index contributed by atoms with van der Waals surface area (Å²) in [5, 5.41) is 7.07. The number of hydrogen-bond acceptors (Lipinski definition) is 3. The Bertz CT molecular complexity index is 247. The van der Waals surface area contributed by atoms with E-state index >= 15 is 0 Å². The van der Waals surface area contributed by atoms with Gasteiger partial charge in [-0.1, -0.05) is 25.7 Å². The van der Waals surface area contributed by atoms with E-state index in [1.54, 1.807) is 7.11 Å². The predicted octanol–water partition coefficient (Wildman–Crippen LogP) is 2.81. The number of fused-ring (bicyclic) bond motifs is 1. The van der Waals surface area contributed by atoms with Gasteiger partial charge in [-0.25, -0.2) is 0 Å². The van der Waals surface area contributed by atoms with Crippen LogP contribution in [0.1, 0.15) is 51.4 Å². The molecule has 0 saturated heterocycles. The van der Waals surface area contributed by atoms with Crippen molar-refractivity contribution < 1.29 is 4.74 Å². The monoisotopic (exact) mass is 282 g/mol. The van der Waals surface area contributed by atoms with Crippen LogP contribution in [0.4, 0.5) is 0 Å². The third kappa shape index (κ3) is 5.71. The summed E-state index contributed by atoms with van der Waals surface area (Å²) in [6.45, 7) is 5.30. The average Bonchev–Trinajstić information content (AvgIpc) is 2.50. The van der Waals surface area contributed by atoms with E-state index in [1.807, 2.05) is 0 Å². The topological polar surface area (TPSA) is 33.3 Å².